The highest BCUT2D eigenvalue weighted by molar-refractivity contribution is 5.47. The molecule has 0 aromatic carbocycles. The van der Waals surface area contributed by atoms with Crippen molar-refractivity contribution in [1.29, 1.82) is 0 Å². The van der Waals surface area contributed by atoms with Gasteiger partial charge in [-0.15, -0.1) is 0 Å². The number of amides is 1. The lowest BCUT2D eigenvalue weighted by molar-refractivity contribution is -0.121. The lowest BCUT2D eigenvalue weighted by Gasteiger charge is -2.32. The number of likely N-dealkylation sites (tertiary alicyclic amines) is 1. The smallest absolute Gasteiger partial charge is 0.209 e. The second kappa shape index (κ2) is 4.97. The lowest BCUT2D eigenvalue weighted by Crippen LogP contribution is -2.41. The summed E-state index contributed by atoms with van der Waals surface area (Å²) in [5.41, 5.74) is 0. The van der Waals surface area contributed by atoms with Crippen molar-refractivity contribution in [1.82, 2.24) is 9.80 Å². The molecule has 3 fully saturated rings. The Kier molecular flexibility index (Phi) is 3.37. The Balaban J connectivity index is 1.46. The lowest BCUT2D eigenvalue weighted by atomic mass is 9.94. The van der Waals surface area contributed by atoms with Crippen LogP contribution in [0.3, 0.4) is 0 Å². The molecule has 17 heavy (non-hydrogen) atoms. The highest BCUT2D eigenvalue weighted by Gasteiger charge is 2.43. The van der Waals surface area contributed by atoms with Crippen LogP contribution in [0.15, 0.2) is 0 Å². The minimum absolute atomic E-state index is 0.554. The first-order chi connectivity index (χ1) is 8.36. The monoisotopic (exact) mass is 236 g/mol. The molecule has 0 bridgehead atoms. The van der Waals surface area contributed by atoms with Gasteiger partial charge >= 0.3 is 0 Å². The van der Waals surface area contributed by atoms with Gasteiger partial charge in [0, 0.05) is 19.1 Å². The van der Waals surface area contributed by atoms with E-state index in [1.165, 1.54) is 51.6 Å². The quantitative estimate of drug-likeness (QED) is 0.679. The van der Waals surface area contributed by atoms with Crippen LogP contribution in [0.25, 0.3) is 0 Å². The van der Waals surface area contributed by atoms with Crippen molar-refractivity contribution in [3.8, 4) is 0 Å². The van der Waals surface area contributed by atoms with Gasteiger partial charge in [-0.3, -0.25) is 4.79 Å². The second-order valence-corrected chi connectivity index (χ2v) is 6.11. The van der Waals surface area contributed by atoms with E-state index in [0.29, 0.717) is 6.04 Å². The van der Waals surface area contributed by atoms with E-state index in [1.807, 2.05) is 0 Å². The van der Waals surface area contributed by atoms with Crippen molar-refractivity contribution in [2.45, 2.75) is 44.6 Å². The van der Waals surface area contributed by atoms with Gasteiger partial charge < -0.3 is 9.80 Å². The van der Waals surface area contributed by atoms with Crippen molar-refractivity contribution in [2.24, 2.45) is 11.8 Å². The Bertz CT molecular complexity index is 275. The average Bonchev–Trinajstić information content (AvgIpc) is 2.94. The first-order valence-electron chi connectivity index (χ1n) is 7.30. The predicted octanol–water partition coefficient (Wildman–Crippen LogP) is 1.73. The van der Waals surface area contributed by atoms with Gasteiger partial charge in [-0.1, -0.05) is 0 Å². The maximum absolute atomic E-state index is 11.2. The molecule has 0 spiro atoms. The fraction of sp³-hybridized carbons (Fsp3) is 0.929. The average molecular weight is 236 g/mol. The van der Waals surface area contributed by atoms with Gasteiger partial charge in [0.25, 0.3) is 0 Å². The maximum atomic E-state index is 11.2. The zero-order chi connectivity index (χ0) is 11.7. The topological polar surface area (TPSA) is 23.6 Å². The second-order valence-electron chi connectivity index (χ2n) is 6.11. The summed E-state index contributed by atoms with van der Waals surface area (Å²) in [4.78, 5) is 15.8. The van der Waals surface area contributed by atoms with E-state index in [2.05, 4.69) is 9.80 Å². The predicted molar refractivity (Wildman–Crippen MR) is 67.7 cm³/mol. The van der Waals surface area contributed by atoms with Gasteiger partial charge in [-0.25, -0.2) is 0 Å². The number of carbonyl (C=O) groups is 1. The Morgan fingerprint density at radius 3 is 2.65 bits per heavy atom. The Morgan fingerprint density at radius 2 is 1.94 bits per heavy atom. The first kappa shape index (κ1) is 11.5. The molecule has 1 saturated heterocycles. The fourth-order valence-corrected chi connectivity index (χ4v) is 3.71. The highest BCUT2D eigenvalue weighted by atomic mass is 16.1. The number of rotatable bonds is 5. The molecule has 3 atom stereocenters. The first-order valence-corrected chi connectivity index (χ1v) is 7.30. The molecule has 0 N–H and O–H groups in total. The van der Waals surface area contributed by atoms with Crippen LogP contribution in [0, 0.1) is 11.8 Å². The van der Waals surface area contributed by atoms with E-state index in [-0.39, 0.29) is 0 Å². The van der Waals surface area contributed by atoms with Crippen LogP contribution in [0.2, 0.25) is 0 Å². The SMILES string of the molecule is O=CN(CCN1CCCC1)C1CCC2CC2C1. The van der Waals surface area contributed by atoms with Crippen molar-refractivity contribution < 1.29 is 4.79 Å². The zero-order valence-corrected chi connectivity index (χ0v) is 10.7. The van der Waals surface area contributed by atoms with Crippen molar-refractivity contribution in [3.05, 3.63) is 0 Å². The Morgan fingerprint density at radius 1 is 1.12 bits per heavy atom. The molecule has 1 aliphatic heterocycles. The molecule has 3 aliphatic rings. The molecule has 1 heterocycles. The molecule has 96 valence electrons. The third-order valence-corrected chi connectivity index (χ3v) is 4.99. The molecule has 3 rings (SSSR count). The third kappa shape index (κ3) is 2.65. The molecule has 0 aromatic rings. The van der Waals surface area contributed by atoms with Gasteiger partial charge in [-0.2, -0.15) is 0 Å². The molecular formula is C14H24N2O. The fourth-order valence-electron chi connectivity index (χ4n) is 3.71. The van der Waals surface area contributed by atoms with Gasteiger partial charge in [-0.05, 0) is 63.5 Å². The van der Waals surface area contributed by atoms with Crippen LogP contribution in [-0.2, 0) is 4.79 Å². The van der Waals surface area contributed by atoms with E-state index in [9.17, 15) is 4.79 Å². The summed E-state index contributed by atoms with van der Waals surface area (Å²) in [6, 6.07) is 0.554. The van der Waals surface area contributed by atoms with E-state index < -0.39 is 0 Å². The highest BCUT2D eigenvalue weighted by Crippen LogP contribution is 2.50. The summed E-state index contributed by atoms with van der Waals surface area (Å²) >= 11 is 0. The summed E-state index contributed by atoms with van der Waals surface area (Å²) < 4.78 is 0. The zero-order valence-electron chi connectivity index (χ0n) is 10.7. The molecule has 1 amide bonds. The number of carbonyl (C=O) groups excluding carboxylic acids is 1. The third-order valence-electron chi connectivity index (χ3n) is 4.99. The van der Waals surface area contributed by atoms with Crippen molar-refractivity contribution >= 4 is 6.41 Å². The van der Waals surface area contributed by atoms with Gasteiger partial charge in [0.1, 0.15) is 0 Å². The van der Waals surface area contributed by atoms with E-state index in [1.54, 1.807) is 0 Å². The van der Waals surface area contributed by atoms with Crippen LogP contribution >= 0.6 is 0 Å². The van der Waals surface area contributed by atoms with E-state index in [0.717, 1.165) is 31.3 Å². The summed E-state index contributed by atoms with van der Waals surface area (Å²) in [5.74, 6) is 1.99. The van der Waals surface area contributed by atoms with Crippen LogP contribution < -0.4 is 0 Å². The van der Waals surface area contributed by atoms with E-state index >= 15 is 0 Å². The summed E-state index contributed by atoms with van der Waals surface area (Å²) in [6.45, 7) is 4.51. The van der Waals surface area contributed by atoms with Gasteiger partial charge in [0.2, 0.25) is 6.41 Å². The standard InChI is InChI=1S/C14H24N2O/c17-11-16(8-7-15-5-1-2-6-15)14-4-3-12-9-13(12)10-14/h11-14H,1-10H2. The maximum Gasteiger partial charge on any atom is 0.209 e. The molecular weight excluding hydrogens is 212 g/mol. The van der Waals surface area contributed by atoms with Crippen LogP contribution in [0.1, 0.15) is 38.5 Å². The van der Waals surface area contributed by atoms with Crippen molar-refractivity contribution in [2.75, 3.05) is 26.2 Å². The number of fused-ring (bicyclic) bond motifs is 1. The normalized spacial score (nSPS) is 36.6. The molecule has 3 unspecified atom stereocenters. The van der Waals surface area contributed by atoms with Crippen molar-refractivity contribution in [3.63, 3.8) is 0 Å². The summed E-state index contributed by atoms with van der Waals surface area (Å²) in [5, 5.41) is 0. The minimum atomic E-state index is 0.554. The minimum Gasteiger partial charge on any atom is -0.341 e. The molecule has 3 heteroatoms. The molecule has 0 aromatic heterocycles. The van der Waals surface area contributed by atoms with Crippen LogP contribution in [-0.4, -0.2) is 48.4 Å². The molecule has 2 aliphatic carbocycles. The molecule has 3 nitrogen and oxygen atoms in total. The van der Waals surface area contributed by atoms with Gasteiger partial charge in [0.05, 0.1) is 0 Å². The van der Waals surface area contributed by atoms with Crippen LogP contribution in [0.4, 0.5) is 0 Å². The molecule has 0 radical (unpaired) electrons. The molecule has 2 saturated carbocycles. The summed E-state index contributed by atoms with van der Waals surface area (Å²) in [7, 11) is 0. The number of nitrogens with zero attached hydrogens (tertiary/aromatic N) is 2. The van der Waals surface area contributed by atoms with Gasteiger partial charge in [0.15, 0.2) is 0 Å². The number of hydrogen-bond donors (Lipinski definition) is 0. The van der Waals surface area contributed by atoms with Crippen LogP contribution in [0.5, 0.6) is 0 Å². The van der Waals surface area contributed by atoms with E-state index in [4.69, 9.17) is 0 Å². The Hall–Kier alpha value is -0.570. The Labute approximate surface area is 104 Å². The largest absolute Gasteiger partial charge is 0.341 e. The number of hydrogen-bond acceptors (Lipinski definition) is 2. The summed E-state index contributed by atoms with van der Waals surface area (Å²) in [6.07, 6.45) is 9.12.